The monoisotopic (exact) mass is 416 g/mol. The molecule has 0 fully saturated rings. The Balaban J connectivity index is 1.51. The first-order chi connectivity index (χ1) is 13.8. The summed E-state index contributed by atoms with van der Waals surface area (Å²) in [4.78, 5) is 25.5. The number of hydrogen-bond donors (Lipinski definition) is 2. The number of carbonyl (C=O) groups excluding carboxylic acids is 2. The molecule has 0 aliphatic carbocycles. The number of aryl methyl sites for hydroxylation is 1. The third-order valence-electron chi connectivity index (χ3n) is 4.15. The molecule has 3 rings (SSSR count). The summed E-state index contributed by atoms with van der Waals surface area (Å²) in [6.07, 6.45) is 0. The highest BCUT2D eigenvalue weighted by molar-refractivity contribution is 7.90. The number of nitrogens with zero attached hydrogens (tertiary/aromatic N) is 2. The second kappa shape index (κ2) is 8.31. The summed E-state index contributed by atoms with van der Waals surface area (Å²) in [7, 11) is -2.23. The van der Waals surface area contributed by atoms with Gasteiger partial charge in [0.25, 0.3) is 21.8 Å². The van der Waals surface area contributed by atoms with E-state index in [0.29, 0.717) is 11.3 Å². The molecule has 0 radical (unpaired) electrons. The van der Waals surface area contributed by atoms with Crippen LogP contribution in [-0.4, -0.2) is 51.2 Å². The van der Waals surface area contributed by atoms with Crippen molar-refractivity contribution in [2.45, 2.75) is 11.8 Å². The molecule has 9 nitrogen and oxygen atoms in total. The maximum absolute atomic E-state index is 12.1. The molecule has 2 N–H and O–H groups in total. The number of likely N-dealkylation sites (N-methyl/N-ethyl adjacent to an activating group) is 1. The van der Waals surface area contributed by atoms with Gasteiger partial charge in [0.2, 0.25) is 0 Å². The predicted molar refractivity (Wildman–Crippen MR) is 106 cm³/mol. The molecule has 29 heavy (non-hydrogen) atoms. The van der Waals surface area contributed by atoms with Crippen LogP contribution in [0.1, 0.15) is 11.1 Å². The molecule has 2 aromatic rings. The highest BCUT2D eigenvalue weighted by atomic mass is 32.2. The number of nitrogens with one attached hydrogen (secondary N) is 2. The number of carbonyl (C=O) groups is 2. The topological polar surface area (TPSA) is 117 Å². The second-order valence-corrected chi connectivity index (χ2v) is 7.97. The Kier molecular flexibility index (Phi) is 5.83. The van der Waals surface area contributed by atoms with Gasteiger partial charge in [-0.05, 0) is 30.7 Å². The molecule has 0 spiro atoms. The van der Waals surface area contributed by atoms with Gasteiger partial charge in [0.1, 0.15) is 10.6 Å². The fourth-order valence-corrected chi connectivity index (χ4v) is 3.98. The number of rotatable bonds is 5. The van der Waals surface area contributed by atoms with Crippen molar-refractivity contribution in [2.24, 2.45) is 4.40 Å². The van der Waals surface area contributed by atoms with E-state index in [1.54, 1.807) is 37.4 Å². The van der Waals surface area contributed by atoms with Gasteiger partial charge in [0.05, 0.1) is 6.54 Å². The Morgan fingerprint density at radius 3 is 2.45 bits per heavy atom. The van der Waals surface area contributed by atoms with Gasteiger partial charge >= 0.3 is 0 Å². The zero-order valence-electron chi connectivity index (χ0n) is 15.9. The Morgan fingerprint density at radius 1 is 1.03 bits per heavy atom. The first-order valence-electron chi connectivity index (χ1n) is 8.69. The summed E-state index contributed by atoms with van der Waals surface area (Å²) < 4.78 is 33.3. The molecule has 1 aliphatic rings. The third kappa shape index (κ3) is 4.72. The van der Waals surface area contributed by atoms with Crippen molar-refractivity contribution >= 4 is 27.7 Å². The highest BCUT2D eigenvalue weighted by Crippen LogP contribution is 2.26. The Hall–Kier alpha value is -3.40. The van der Waals surface area contributed by atoms with Crippen LogP contribution in [0.15, 0.2) is 57.8 Å². The van der Waals surface area contributed by atoms with Gasteiger partial charge in [0.15, 0.2) is 12.4 Å². The molecule has 0 bridgehead atoms. The van der Waals surface area contributed by atoms with E-state index in [0.717, 1.165) is 5.56 Å². The zero-order chi connectivity index (χ0) is 21.0. The average molecular weight is 416 g/mol. The van der Waals surface area contributed by atoms with Gasteiger partial charge in [-0.1, -0.05) is 30.3 Å². The number of benzene rings is 2. The van der Waals surface area contributed by atoms with E-state index in [4.69, 9.17) is 4.74 Å². The Bertz CT molecular complexity index is 1080. The normalized spacial score (nSPS) is 13.8. The summed E-state index contributed by atoms with van der Waals surface area (Å²) >= 11 is 0. The molecule has 152 valence electrons. The molecule has 1 aliphatic heterocycles. The minimum absolute atomic E-state index is 0.101. The van der Waals surface area contributed by atoms with E-state index in [2.05, 4.69) is 15.2 Å². The lowest BCUT2D eigenvalue weighted by molar-refractivity contribution is -0.130. The molecule has 0 aromatic heterocycles. The van der Waals surface area contributed by atoms with Crippen molar-refractivity contribution < 1.29 is 22.7 Å². The number of amidine groups is 1. The van der Waals surface area contributed by atoms with Crippen LogP contribution in [0.5, 0.6) is 5.75 Å². The summed E-state index contributed by atoms with van der Waals surface area (Å²) in [6.45, 7) is 1.38. The zero-order valence-corrected chi connectivity index (χ0v) is 16.7. The lowest BCUT2D eigenvalue weighted by Gasteiger charge is -2.18. The summed E-state index contributed by atoms with van der Waals surface area (Å²) in [5.41, 5.74) is 5.84. The Morgan fingerprint density at radius 2 is 1.69 bits per heavy atom. The van der Waals surface area contributed by atoms with Gasteiger partial charge in [-0.2, -0.15) is 8.42 Å². The predicted octanol–water partition coefficient (Wildman–Crippen LogP) is 0.602. The van der Waals surface area contributed by atoms with E-state index in [9.17, 15) is 18.0 Å². The van der Waals surface area contributed by atoms with Crippen LogP contribution >= 0.6 is 0 Å². The minimum atomic E-state index is -3.77. The SMILES string of the molecule is Cc1ccccc1OCC(=O)NNC(=O)CN(C)C1=NS(=O)(=O)c2ccccc21. The summed E-state index contributed by atoms with van der Waals surface area (Å²) in [5, 5.41) is 0. The van der Waals surface area contributed by atoms with Gasteiger partial charge in [-0.15, -0.1) is 4.40 Å². The number of sulfonamides is 1. The molecule has 10 heteroatoms. The molecule has 0 unspecified atom stereocenters. The van der Waals surface area contributed by atoms with Crippen LogP contribution in [0.3, 0.4) is 0 Å². The van der Waals surface area contributed by atoms with Crippen molar-refractivity contribution in [3.63, 3.8) is 0 Å². The van der Waals surface area contributed by atoms with E-state index < -0.39 is 21.8 Å². The van der Waals surface area contributed by atoms with Crippen molar-refractivity contribution in [1.82, 2.24) is 15.8 Å². The molecule has 0 saturated heterocycles. The summed E-state index contributed by atoms with van der Waals surface area (Å²) in [6, 6.07) is 13.6. The van der Waals surface area contributed by atoms with Crippen molar-refractivity contribution in [3.05, 3.63) is 59.7 Å². The quantitative estimate of drug-likeness (QED) is 0.690. The smallest absolute Gasteiger partial charge is 0.285 e. The lowest BCUT2D eigenvalue weighted by Crippen LogP contribution is -2.48. The number of ether oxygens (including phenoxy) is 1. The highest BCUT2D eigenvalue weighted by Gasteiger charge is 2.30. The standard InChI is InChI=1S/C19H20N4O5S/c1-13-7-3-5-9-15(13)28-12-18(25)21-20-17(24)11-23(2)19-14-8-4-6-10-16(14)29(26,27)22-19/h3-10H,11-12H2,1-2H3,(H,20,24)(H,21,25). The number of amides is 2. The number of para-hydroxylation sites is 1. The van der Waals surface area contributed by atoms with Crippen molar-refractivity contribution in [3.8, 4) is 5.75 Å². The first kappa shape index (κ1) is 20.3. The molecule has 0 atom stereocenters. The third-order valence-corrected chi connectivity index (χ3v) is 5.47. The number of hydrogen-bond acceptors (Lipinski definition) is 6. The maximum Gasteiger partial charge on any atom is 0.285 e. The maximum atomic E-state index is 12.1. The largest absolute Gasteiger partial charge is 0.483 e. The van der Waals surface area contributed by atoms with Gasteiger partial charge in [-0.25, -0.2) is 0 Å². The fraction of sp³-hybridized carbons (Fsp3) is 0.211. The minimum Gasteiger partial charge on any atom is -0.483 e. The van der Waals surface area contributed by atoms with E-state index in [1.165, 1.54) is 11.0 Å². The second-order valence-electron chi connectivity index (χ2n) is 6.39. The fourth-order valence-electron chi connectivity index (χ4n) is 2.73. The molecular formula is C19H20N4O5S. The molecule has 2 aromatic carbocycles. The van der Waals surface area contributed by atoms with Crippen molar-refractivity contribution in [2.75, 3.05) is 20.2 Å². The van der Waals surface area contributed by atoms with Gasteiger partial charge in [-0.3, -0.25) is 20.4 Å². The Labute approximate surface area is 168 Å². The van der Waals surface area contributed by atoms with Crippen molar-refractivity contribution in [1.29, 1.82) is 0 Å². The van der Waals surface area contributed by atoms with Crippen LogP contribution in [0, 0.1) is 6.92 Å². The summed E-state index contributed by atoms with van der Waals surface area (Å²) in [5.74, 6) is -0.325. The average Bonchev–Trinajstić information content (AvgIpc) is 2.97. The van der Waals surface area contributed by atoms with Crippen LogP contribution in [0.2, 0.25) is 0 Å². The molecule has 1 heterocycles. The van der Waals surface area contributed by atoms with E-state index >= 15 is 0 Å². The van der Waals surface area contributed by atoms with Crippen LogP contribution < -0.4 is 15.6 Å². The van der Waals surface area contributed by atoms with Gasteiger partial charge in [0, 0.05) is 12.6 Å². The lowest BCUT2D eigenvalue weighted by atomic mass is 10.2. The number of fused-ring (bicyclic) bond motifs is 1. The number of hydrazine groups is 1. The van der Waals surface area contributed by atoms with E-state index in [1.807, 2.05) is 19.1 Å². The first-order valence-corrected chi connectivity index (χ1v) is 10.1. The molecular weight excluding hydrogens is 396 g/mol. The van der Waals surface area contributed by atoms with Gasteiger partial charge < -0.3 is 9.64 Å². The molecule has 0 saturated carbocycles. The van der Waals surface area contributed by atoms with Crippen LogP contribution in [-0.2, 0) is 19.6 Å². The molecule has 2 amide bonds. The van der Waals surface area contributed by atoms with Crippen LogP contribution in [0.4, 0.5) is 0 Å². The van der Waals surface area contributed by atoms with E-state index in [-0.39, 0.29) is 23.9 Å². The van der Waals surface area contributed by atoms with Crippen LogP contribution in [0.25, 0.3) is 0 Å².